The van der Waals surface area contributed by atoms with Crippen LogP contribution in [0.25, 0.3) is 0 Å². The number of ether oxygens (including phenoxy) is 1. The van der Waals surface area contributed by atoms with Gasteiger partial charge in [0.25, 0.3) is 0 Å². The largest absolute Gasteiger partial charge is 0.396 e. The number of carbonyl (C=O) groups excluding carboxylic acids is 1. The van der Waals surface area contributed by atoms with Gasteiger partial charge in [-0.1, -0.05) is 44.2 Å². The van der Waals surface area contributed by atoms with Gasteiger partial charge in [-0.15, -0.1) is 0 Å². The van der Waals surface area contributed by atoms with E-state index in [-0.39, 0.29) is 12.7 Å². The van der Waals surface area contributed by atoms with Crippen molar-refractivity contribution < 1.29 is 24.9 Å². The zero-order chi connectivity index (χ0) is 18.6. The molecule has 1 unspecified atom stereocenters. The maximum atomic E-state index is 11.0. The molecule has 0 spiro atoms. The van der Waals surface area contributed by atoms with Gasteiger partial charge in [-0.2, -0.15) is 0 Å². The lowest BCUT2D eigenvalue weighted by atomic mass is 9.79. The summed E-state index contributed by atoms with van der Waals surface area (Å²) < 4.78 is 5.81. The molecule has 0 amide bonds. The Bertz CT molecular complexity index is 425. The summed E-state index contributed by atoms with van der Waals surface area (Å²) in [5.74, 6) is -0.889. The highest BCUT2D eigenvalue weighted by molar-refractivity contribution is 5.84. The van der Waals surface area contributed by atoms with Crippen LogP contribution in [0.15, 0.2) is 30.3 Å². The molecule has 5 heteroatoms. The lowest BCUT2D eigenvalue weighted by Crippen LogP contribution is -2.36. The van der Waals surface area contributed by atoms with Gasteiger partial charge in [-0.25, -0.2) is 0 Å². The first-order valence-corrected chi connectivity index (χ1v) is 8.52. The van der Waals surface area contributed by atoms with Crippen LogP contribution in [0.5, 0.6) is 0 Å². The van der Waals surface area contributed by atoms with E-state index in [9.17, 15) is 4.79 Å². The maximum absolute atomic E-state index is 11.0. The second kappa shape index (κ2) is 12.1. The van der Waals surface area contributed by atoms with Crippen LogP contribution < -0.4 is 0 Å². The van der Waals surface area contributed by atoms with Gasteiger partial charge in [0.05, 0.1) is 12.7 Å². The Morgan fingerprint density at radius 3 is 2.08 bits per heavy atom. The highest BCUT2D eigenvalue weighted by Gasteiger charge is 2.33. The third kappa shape index (κ3) is 11.3. The molecule has 1 aromatic rings. The number of Topliss-reactive ketones (excluding diaryl/α,β-unsaturated/α-hetero) is 1. The van der Waals surface area contributed by atoms with E-state index >= 15 is 0 Å². The van der Waals surface area contributed by atoms with E-state index < -0.39 is 5.79 Å². The van der Waals surface area contributed by atoms with Crippen LogP contribution >= 0.6 is 0 Å². The molecule has 1 atom stereocenters. The fourth-order valence-corrected chi connectivity index (χ4v) is 2.15. The molecule has 0 radical (unpaired) electrons. The predicted octanol–water partition coefficient (Wildman–Crippen LogP) is 2.67. The molecule has 5 nitrogen and oxygen atoms in total. The summed E-state index contributed by atoms with van der Waals surface area (Å²) in [6.07, 6.45) is 1.85. The van der Waals surface area contributed by atoms with Crippen LogP contribution in [-0.4, -0.2) is 39.6 Å². The molecule has 0 aliphatic heterocycles. The van der Waals surface area contributed by atoms with E-state index in [1.54, 1.807) is 0 Å². The van der Waals surface area contributed by atoms with Gasteiger partial charge in [0.15, 0.2) is 5.79 Å². The molecule has 0 saturated heterocycles. The molecule has 1 aliphatic rings. The Hall–Kier alpha value is -1.27. The van der Waals surface area contributed by atoms with Crippen molar-refractivity contribution in [2.45, 2.75) is 65.5 Å². The quantitative estimate of drug-likeness (QED) is 0.693. The maximum Gasteiger partial charge on any atom is 0.156 e. The molecule has 138 valence electrons. The summed E-state index contributed by atoms with van der Waals surface area (Å²) in [7, 11) is 0. The number of carbonyl (C=O) groups is 1. The number of benzene rings is 1. The van der Waals surface area contributed by atoms with Gasteiger partial charge >= 0.3 is 0 Å². The molecule has 1 saturated carbocycles. The second-order valence-corrected chi connectivity index (χ2v) is 6.05. The van der Waals surface area contributed by atoms with Gasteiger partial charge in [-0.05, 0) is 31.7 Å². The summed E-state index contributed by atoms with van der Waals surface area (Å²) in [6.45, 7) is 7.26. The minimum Gasteiger partial charge on any atom is -0.396 e. The summed E-state index contributed by atoms with van der Waals surface area (Å²) >= 11 is 0. The van der Waals surface area contributed by atoms with Crippen molar-refractivity contribution in [3.63, 3.8) is 0 Å². The Balaban J connectivity index is 0.000000650. The van der Waals surface area contributed by atoms with Gasteiger partial charge in [0.1, 0.15) is 5.78 Å². The van der Waals surface area contributed by atoms with Crippen LogP contribution in [0.1, 0.15) is 52.5 Å². The van der Waals surface area contributed by atoms with E-state index in [2.05, 4.69) is 0 Å². The standard InChI is InChI=1S/C14H18O3.C3H8O2.C2H6/c15-7-6-14(12-8-13(16)9-12)17-10-11-4-2-1-3-5-11;1-3(2,4)5;1-2/h1-5,12,14-15H,6-10H2;4-5H,1-2H3;1-2H3. The summed E-state index contributed by atoms with van der Waals surface area (Å²) in [5, 5.41) is 25.2. The molecule has 2 rings (SSSR count). The Kier molecular flexibility index (Phi) is 11.5. The molecule has 24 heavy (non-hydrogen) atoms. The zero-order valence-electron chi connectivity index (χ0n) is 15.2. The van der Waals surface area contributed by atoms with E-state index in [0.717, 1.165) is 5.56 Å². The lowest BCUT2D eigenvalue weighted by Gasteiger charge is -2.32. The lowest BCUT2D eigenvalue weighted by molar-refractivity contribution is -0.133. The number of rotatable bonds is 6. The van der Waals surface area contributed by atoms with Crippen LogP contribution in [0, 0.1) is 5.92 Å². The van der Waals surface area contributed by atoms with Crippen molar-refractivity contribution in [2.24, 2.45) is 5.92 Å². The highest BCUT2D eigenvalue weighted by Crippen LogP contribution is 2.30. The number of hydrogen-bond acceptors (Lipinski definition) is 5. The number of aliphatic hydroxyl groups is 3. The van der Waals surface area contributed by atoms with E-state index in [4.69, 9.17) is 20.1 Å². The van der Waals surface area contributed by atoms with Crippen molar-refractivity contribution in [3.05, 3.63) is 35.9 Å². The summed E-state index contributed by atoms with van der Waals surface area (Å²) in [6, 6.07) is 9.96. The Labute approximate surface area is 145 Å². The highest BCUT2D eigenvalue weighted by atomic mass is 16.5. The third-order valence-electron chi connectivity index (χ3n) is 3.23. The number of hydrogen-bond donors (Lipinski definition) is 3. The van der Waals surface area contributed by atoms with Gasteiger partial charge in [-0.3, -0.25) is 4.79 Å². The van der Waals surface area contributed by atoms with Gasteiger partial charge in [0.2, 0.25) is 0 Å². The predicted molar refractivity (Wildman–Crippen MR) is 94.3 cm³/mol. The SMILES string of the molecule is CC.CC(C)(O)O.O=C1CC(C(CCO)OCc2ccccc2)C1. The molecule has 0 bridgehead atoms. The Morgan fingerprint density at radius 1 is 1.17 bits per heavy atom. The van der Waals surface area contributed by atoms with Gasteiger partial charge in [0, 0.05) is 19.4 Å². The fraction of sp³-hybridized carbons (Fsp3) is 0.632. The first kappa shape index (κ1) is 22.7. The van der Waals surface area contributed by atoms with Crippen LogP contribution in [-0.2, 0) is 16.1 Å². The average Bonchev–Trinajstić information content (AvgIpc) is 2.50. The van der Waals surface area contributed by atoms with E-state index in [1.165, 1.54) is 13.8 Å². The Morgan fingerprint density at radius 2 is 1.67 bits per heavy atom. The topological polar surface area (TPSA) is 87.0 Å². The molecule has 1 aromatic carbocycles. The minimum atomic E-state index is -1.50. The molecule has 3 N–H and O–H groups in total. The zero-order valence-corrected chi connectivity index (χ0v) is 15.2. The molecular formula is C19H32O5. The fourth-order valence-electron chi connectivity index (χ4n) is 2.15. The molecule has 1 aliphatic carbocycles. The first-order valence-electron chi connectivity index (χ1n) is 8.52. The normalized spacial score (nSPS) is 15.4. The van der Waals surface area contributed by atoms with E-state index in [1.807, 2.05) is 44.2 Å². The van der Waals surface area contributed by atoms with Gasteiger partial charge < -0.3 is 20.1 Å². The van der Waals surface area contributed by atoms with Crippen LogP contribution in [0.2, 0.25) is 0 Å². The van der Waals surface area contributed by atoms with Crippen LogP contribution in [0.3, 0.4) is 0 Å². The first-order chi connectivity index (χ1) is 11.3. The monoisotopic (exact) mass is 340 g/mol. The van der Waals surface area contributed by atoms with Crippen molar-refractivity contribution >= 4 is 5.78 Å². The summed E-state index contributed by atoms with van der Waals surface area (Å²) in [5.41, 5.74) is 1.13. The van der Waals surface area contributed by atoms with E-state index in [0.29, 0.717) is 37.6 Å². The molecule has 0 heterocycles. The smallest absolute Gasteiger partial charge is 0.156 e. The molecule has 0 aromatic heterocycles. The van der Waals surface area contributed by atoms with Crippen molar-refractivity contribution in [1.29, 1.82) is 0 Å². The average molecular weight is 340 g/mol. The van der Waals surface area contributed by atoms with Crippen LogP contribution in [0.4, 0.5) is 0 Å². The summed E-state index contributed by atoms with van der Waals surface area (Å²) in [4.78, 5) is 11.0. The van der Waals surface area contributed by atoms with Crippen molar-refractivity contribution in [3.8, 4) is 0 Å². The number of ketones is 1. The molecule has 1 fully saturated rings. The molecular weight excluding hydrogens is 308 g/mol. The third-order valence-corrected chi connectivity index (χ3v) is 3.23. The second-order valence-electron chi connectivity index (χ2n) is 6.05. The van der Waals surface area contributed by atoms with Crippen molar-refractivity contribution in [2.75, 3.05) is 6.61 Å². The minimum absolute atomic E-state index is 0.0120. The van der Waals surface area contributed by atoms with Crippen molar-refractivity contribution in [1.82, 2.24) is 0 Å². The number of aliphatic hydroxyl groups excluding tert-OH is 1.